The van der Waals surface area contributed by atoms with E-state index < -0.39 is 0 Å². The Labute approximate surface area is 188 Å². The Hall–Kier alpha value is -2.41. The van der Waals surface area contributed by atoms with Gasteiger partial charge < -0.3 is 4.42 Å². The van der Waals surface area contributed by atoms with Gasteiger partial charge in [-0.25, -0.2) is 0 Å². The van der Waals surface area contributed by atoms with E-state index in [1.54, 1.807) is 12.1 Å². The molecule has 0 radical (unpaired) electrons. The van der Waals surface area contributed by atoms with Crippen LogP contribution in [0, 0.1) is 0 Å². The average Bonchev–Trinajstić information content (AvgIpc) is 3.29. The number of furan rings is 1. The van der Waals surface area contributed by atoms with Gasteiger partial charge in [0.05, 0.1) is 4.91 Å². The highest BCUT2D eigenvalue weighted by Crippen LogP contribution is 2.35. The number of carbonyl (C=O) groups is 2. The van der Waals surface area contributed by atoms with Crippen LogP contribution >= 0.6 is 35.1 Å². The van der Waals surface area contributed by atoms with Crippen LogP contribution in [0.15, 0.2) is 86.0 Å². The van der Waals surface area contributed by atoms with Crippen molar-refractivity contribution in [2.24, 2.45) is 0 Å². The highest BCUT2D eigenvalue weighted by atomic mass is 35.5. The fourth-order valence-corrected chi connectivity index (χ4v) is 4.74. The van der Waals surface area contributed by atoms with E-state index >= 15 is 0 Å². The molecule has 30 heavy (non-hydrogen) atoms. The Morgan fingerprint density at radius 3 is 2.53 bits per heavy atom. The molecule has 2 heterocycles. The molecule has 0 spiro atoms. The van der Waals surface area contributed by atoms with Crippen LogP contribution in [0.25, 0.3) is 6.08 Å². The fraction of sp³-hybridized carbons (Fsp3) is 0.130. The van der Waals surface area contributed by atoms with Crippen LogP contribution in [0.5, 0.6) is 0 Å². The van der Waals surface area contributed by atoms with Crippen molar-refractivity contribution in [3.63, 3.8) is 0 Å². The third-order valence-corrected chi connectivity index (χ3v) is 6.56. The van der Waals surface area contributed by atoms with Crippen molar-refractivity contribution in [3.8, 4) is 0 Å². The zero-order valence-corrected chi connectivity index (χ0v) is 18.3. The van der Waals surface area contributed by atoms with E-state index in [4.69, 9.17) is 16.0 Å². The smallest absolute Gasteiger partial charge is 0.293 e. The van der Waals surface area contributed by atoms with E-state index in [-0.39, 0.29) is 11.1 Å². The summed E-state index contributed by atoms with van der Waals surface area (Å²) in [6, 6.07) is 21.1. The number of aryl methyl sites for hydroxylation is 1. The summed E-state index contributed by atoms with van der Waals surface area (Å²) in [4.78, 5) is 27.6. The minimum Gasteiger partial charge on any atom is -0.450 e. The van der Waals surface area contributed by atoms with Gasteiger partial charge in [-0.2, -0.15) is 0 Å². The van der Waals surface area contributed by atoms with Crippen LogP contribution < -0.4 is 0 Å². The lowest BCUT2D eigenvalue weighted by molar-refractivity contribution is -0.122. The van der Waals surface area contributed by atoms with E-state index in [1.807, 2.05) is 60.7 Å². The van der Waals surface area contributed by atoms with Gasteiger partial charge in [-0.1, -0.05) is 53.7 Å². The molecule has 0 unspecified atom stereocenters. The lowest BCUT2D eigenvalue weighted by Crippen LogP contribution is -2.29. The quantitative estimate of drug-likeness (QED) is 0.368. The molecule has 3 aromatic rings. The van der Waals surface area contributed by atoms with Crippen molar-refractivity contribution < 1.29 is 14.0 Å². The number of benzene rings is 2. The maximum atomic E-state index is 12.6. The number of carbonyl (C=O) groups excluding carboxylic acids is 2. The molecular formula is C23H18ClNO3S2. The normalized spacial score (nSPS) is 15.4. The summed E-state index contributed by atoms with van der Waals surface area (Å²) in [6.45, 7) is 0.409. The number of hydrogen-bond acceptors (Lipinski definition) is 5. The van der Waals surface area contributed by atoms with Gasteiger partial charge in [-0.15, -0.1) is 0 Å². The molecule has 2 amide bonds. The zero-order valence-electron chi connectivity index (χ0n) is 15.9. The summed E-state index contributed by atoms with van der Waals surface area (Å²) in [5.74, 6) is 0.280. The lowest BCUT2D eigenvalue weighted by Gasteiger charge is -2.11. The predicted octanol–water partition coefficient (Wildman–Crippen LogP) is 6.75. The predicted molar refractivity (Wildman–Crippen MR) is 122 cm³/mol. The summed E-state index contributed by atoms with van der Waals surface area (Å²) in [5, 5.41) is 1.14. The average molecular weight is 456 g/mol. The van der Waals surface area contributed by atoms with Crippen LogP contribution in [0.1, 0.15) is 17.7 Å². The van der Waals surface area contributed by atoms with E-state index in [1.165, 1.54) is 22.2 Å². The summed E-state index contributed by atoms with van der Waals surface area (Å²) in [6.07, 6.45) is 3.19. The van der Waals surface area contributed by atoms with Crippen LogP contribution in [-0.4, -0.2) is 22.6 Å². The van der Waals surface area contributed by atoms with Crippen molar-refractivity contribution in [3.05, 3.63) is 88.0 Å². The molecule has 1 aliphatic heterocycles. The maximum Gasteiger partial charge on any atom is 0.293 e. The van der Waals surface area contributed by atoms with Crippen LogP contribution in [0.4, 0.5) is 4.79 Å². The highest BCUT2D eigenvalue weighted by Gasteiger charge is 2.34. The maximum absolute atomic E-state index is 12.6. The monoisotopic (exact) mass is 455 g/mol. The first-order chi connectivity index (χ1) is 14.6. The first-order valence-corrected chi connectivity index (χ1v) is 11.4. The van der Waals surface area contributed by atoms with Crippen molar-refractivity contribution in [2.45, 2.75) is 22.8 Å². The molecular weight excluding hydrogens is 438 g/mol. The van der Waals surface area contributed by atoms with Crippen molar-refractivity contribution >= 4 is 52.3 Å². The van der Waals surface area contributed by atoms with Gasteiger partial charge >= 0.3 is 0 Å². The zero-order chi connectivity index (χ0) is 20.9. The molecule has 4 nitrogen and oxygen atoms in total. The molecule has 1 aromatic heterocycles. The molecule has 0 saturated carbocycles. The molecule has 152 valence electrons. The van der Waals surface area contributed by atoms with Crippen LogP contribution in [0.3, 0.4) is 0 Å². The minimum absolute atomic E-state index is 0.235. The second-order valence-corrected chi connectivity index (χ2v) is 9.14. The first-order valence-electron chi connectivity index (χ1n) is 9.41. The first kappa shape index (κ1) is 20.8. The summed E-state index contributed by atoms with van der Waals surface area (Å²) < 4.78 is 5.80. The van der Waals surface area contributed by atoms with Crippen LogP contribution in [-0.2, 0) is 11.2 Å². The fourth-order valence-electron chi connectivity index (χ4n) is 2.99. The topological polar surface area (TPSA) is 50.5 Å². The highest BCUT2D eigenvalue weighted by molar-refractivity contribution is 8.18. The molecule has 0 bridgehead atoms. The number of hydrogen-bond donors (Lipinski definition) is 0. The molecule has 0 atom stereocenters. The Morgan fingerprint density at radius 1 is 1.00 bits per heavy atom. The third kappa shape index (κ3) is 5.19. The SMILES string of the molecule is O=C1S/C(=C/c2ccc(Sc3ccc(Cl)cc3)o2)C(=O)N1CCCc1ccccc1. The Morgan fingerprint density at radius 2 is 1.77 bits per heavy atom. The number of nitrogens with zero attached hydrogens (tertiary/aromatic N) is 1. The number of rotatable bonds is 7. The number of thioether (sulfide) groups is 1. The van der Waals surface area contributed by atoms with Gasteiger partial charge in [0, 0.05) is 22.5 Å². The van der Waals surface area contributed by atoms with Crippen LogP contribution in [0.2, 0.25) is 5.02 Å². The van der Waals surface area contributed by atoms with Gasteiger partial charge in [0.25, 0.3) is 11.1 Å². The number of amides is 2. The van der Waals surface area contributed by atoms with E-state index in [0.29, 0.717) is 27.3 Å². The number of imide groups is 1. The molecule has 1 aliphatic rings. The Kier molecular flexibility index (Phi) is 6.67. The molecule has 0 aliphatic carbocycles. The molecule has 2 aromatic carbocycles. The molecule has 7 heteroatoms. The van der Waals surface area contributed by atoms with E-state index in [0.717, 1.165) is 29.5 Å². The largest absolute Gasteiger partial charge is 0.450 e. The molecule has 1 saturated heterocycles. The standard InChI is InChI=1S/C23H18ClNO3S2/c24-17-8-11-19(12-9-17)29-21-13-10-18(28-21)15-20-22(26)25(23(27)30-20)14-4-7-16-5-2-1-3-6-16/h1-3,5-6,8-13,15H,4,7,14H2/b20-15+. The second kappa shape index (κ2) is 9.60. The van der Waals surface area contributed by atoms with Gasteiger partial charge in [-0.05, 0) is 66.6 Å². The van der Waals surface area contributed by atoms with Crippen molar-refractivity contribution in [1.82, 2.24) is 4.90 Å². The molecule has 1 fully saturated rings. The summed E-state index contributed by atoms with van der Waals surface area (Å²) in [5.41, 5.74) is 1.20. The van der Waals surface area contributed by atoms with Crippen molar-refractivity contribution in [2.75, 3.05) is 6.54 Å². The second-order valence-electron chi connectivity index (χ2n) is 6.64. The van der Waals surface area contributed by atoms with E-state index in [9.17, 15) is 9.59 Å². The summed E-state index contributed by atoms with van der Waals surface area (Å²) >= 11 is 8.32. The Balaban J connectivity index is 1.37. The van der Waals surface area contributed by atoms with Crippen molar-refractivity contribution in [1.29, 1.82) is 0 Å². The molecule has 4 rings (SSSR count). The van der Waals surface area contributed by atoms with E-state index in [2.05, 4.69) is 0 Å². The third-order valence-electron chi connectivity index (χ3n) is 4.47. The minimum atomic E-state index is -0.263. The van der Waals surface area contributed by atoms with Gasteiger partial charge in [0.2, 0.25) is 0 Å². The lowest BCUT2D eigenvalue weighted by atomic mass is 10.1. The van der Waals surface area contributed by atoms with Gasteiger partial charge in [0.15, 0.2) is 5.09 Å². The van der Waals surface area contributed by atoms with Gasteiger partial charge in [0.1, 0.15) is 5.76 Å². The Bertz CT molecular complexity index is 1080. The van der Waals surface area contributed by atoms with Gasteiger partial charge in [-0.3, -0.25) is 14.5 Å². The molecule has 0 N–H and O–H groups in total. The summed E-state index contributed by atoms with van der Waals surface area (Å²) in [7, 11) is 0. The number of halogens is 1.